The summed E-state index contributed by atoms with van der Waals surface area (Å²) in [5, 5.41) is 1.76. The number of allylic oxidation sites excluding steroid dienone is 1. The number of aliphatic imine (C=N–C) groups is 2. The van der Waals surface area contributed by atoms with Crippen LogP contribution in [0.5, 0.6) is 5.75 Å². The van der Waals surface area contributed by atoms with Gasteiger partial charge in [0.05, 0.1) is 11.4 Å². The summed E-state index contributed by atoms with van der Waals surface area (Å²) in [5.41, 5.74) is 1.83. The van der Waals surface area contributed by atoms with Crippen molar-refractivity contribution in [2.75, 3.05) is 6.61 Å². The number of fused-ring (bicyclic) bond motifs is 4. The van der Waals surface area contributed by atoms with Gasteiger partial charge in [-0.1, -0.05) is 12.1 Å². The van der Waals surface area contributed by atoms with Crippen LogP contribution in [0.1, 0.15) is 5.56 Å². The van der Waals surface area contributed by atoms with E-state index < -0.39 is 0 Å². The van der Waals surface area contributed by atoms with E-state index in [9.17, 15) is 0 Å². The molecule has 1 aromatic heterocycles. The van der Waals surface area contributed by atoms with Crippen molar-refractivity contribution in [3.8, 4) is 5.75 Å². The normalized spacial score (nSPS) is 14.7. The molecule has 2 aromatic rings. The second kappa shape index (κ2) is 5.37. The van der Waals surface area contributed by atoms with Gasteiger partial charge >= 0.3 is 0 Å². The van der Waals surface area contributed by atoms with Gasteiger partial charge in [0.25, 0.3) is 0 Å². The van der Waals surface area contributed by atoms with E-state index in [4.69, 9.17) is 4.74 Å². The maximum Gasteiger partial charge on any atom is 0.163 e. The molecule has 0 fully saturated rings. The van der Waals surface area contributed by atoms with Crippen LogP contribution in [0.25, 0.3) is 6.20 Å². The maximum absolute atomic E-state index is 5.72. The topological polar surface area (TPSA) is 59.2 Å². The molecule has 5 nitrogen and oxygen atoms in total. The Balaban J connectivity index is 1.85. The maximum atomic E-state index is 5.72. The van der Waals surface area contributed by atoms with Crippen LogP contribution in [0.4, 0.5) is 11.5 Å². The molecule has 0 amide bonds. The summed E-state index contributed by atoms with van der Waals surface area (Å²) in [4.78, 5) is 17.3. The summed E-state index contributed by atoms with van der Waals surface area (Å²) >= 11 is 0. The molecular weight excluding hydrogens is 276 g/mol. The molecule has 106 valence electrons. The van der Waals surface area contributed by atoms with Crippen molar-refractivity contribution in [3.63, 3.8) is 0 Å². The van der Waals surface area contributed by atoms with Crippen molar-refractivity contribution >= 4 is 30.1 Å². The summed E-state index contributed by atoms with van der Waals surface area (Å²) in [7, 11) is 0. The molecule has 0 radical (unpaired) electrons. The van der Waals surface area contributed by atoms with E-state index in [1.165, 1.54) is 0 Å². The van der Waals surface area contributed by atoms with Crippen LogP contribution >= 0.6 is 0 Å². The lowest BCUT2D eigenvalue weighted by Gasteiger charge is -2.05. The molecule has 2 aliphatic rings. The van der Waals surface area contributed by atoms with Crippen LogP contribution < -0.4 is 15.3 Å². The molecule has 0 N–H and O–H groups in total. The highest BCUT2D eigenvalue weighted by Crippen LogP contribution is 2.16. The average Bonchev–Trinajstić information content (AvgIpc) is 3.32. The third-order valence-corrected chi connectivity index (χ3v) is 3.32. The number of aromatic nitrogens is 1. The third-order valence-electron chi connectivity index (χ3n) is 3.32. The van der Waals surface area contributed by atoms with Crippen LogP contribution in [0, 0.1) is 0 Å². The molecule has 3 heterocycles. The summed E-state index contributed by atoms with van der Waals surface area (Å²) in [6, 6.07) is 7.79. The molecule has 22 heavy (non-hydrogen) atoms. The van der Waals surface area contributed by atoms with Gasteiger partial charge in [-0.15, -0.1) is 0 Å². The fourth-order valence-corrected chi connectivity index (χ4v) is 2.18. The Bertz CT molecular complexity index is 942. The van der Waals surface area contributed by atoms with Gasteiger partial charge in [0.1, 0.15) is 23.4 Å². The van der Waals surface area contributed by atoms with E-state index in [1.807, 2.05) is 36.4 Å². The molecule has 5 heteroatoms. The summed E-state index contributed by atoms with van der Waals surface area (Å²) in [5.74, 6) is 1.42. The van der Waals surface area contributed by atoms with Crippen LogP contribution in [0.2, 0.25) is 0 Å². The summed E-state index contributed by atoms with van der Waals surface area (Å²) in [6.45, 7) is 0.473. The molecule has 0 atom stereocenters. The highest BCUT2D eigenvalue weighted by atomic mass is 16.5. The molecule has 0 bridgehead atoms. The van der Waals surface area contributed by atoms with E-state index in [2.05, 4.69) is 20.0 Å². The largest absolute Gasteiger partial charge is 0.489 e. The van der Waals surface area contributed by atoms with Crippen molar-refractivity contribution in [2.24, 2.45) is 15.0 Å². The van der Waals surface area contributed by atoms with E-state index in [0.717, 1.165) is 27.6 Å². The average molecular weight is 288 g/mol. The fourth-order valence-electron chi connectivity index (χ4n) is 2.18. The molecule has 0 unspecified atom stereocenters. The van der Waals surface area contributed by atoms with Gasteiger partial charge in [0.2, 0.25) is 0 Å². The van der Waals surface area contributed by atoms with Crippen molar-refractivity contribution in [1.82, 2.24) is 4.98 Å². The lowest BCUT2D eigenvalue weighted by atomic mass is 10.2. The minimum Gasteiger partial charge on any atom is -0.489 e. The standard InChI is InChI=1S/C17H12N4O/c1-2-6-15-12(5-1)9-18-10-13-16-14(21-16)11-20-17(13)19-7-3-4-8-22-15/h1-7,9-11H,8H2. The van der Waals surface area contributed by atoms with Gasteiger partial charge in [0, 0.05) is 24.2 Å². The number of ether oxygens (including phenoxy) is 1. The van der Waals surface area contributed by atoms with Gasteiger partial charge in [0.15, 0.2) is 5.82 Å². The predicted octanol–water partition coefficient (Wildman–Crippen LogP) is 1.85. The zero-order chi connectivity index (χ0) is 14.8. The SMILES string of the molecule is C1=CCOc2ccccc2C=NC=c2c(ncc3c2=N3)N=C1. The quantitative estimate of drug-likeness (QED) is 0.634. The Kier molecular flexibility index (Phi) is 3.08. The Morgan fingerprint density at radius 1 is 1.14 bits per heavy atom. The van der Waals surface area contributed by atoms with Gasteiger partial charge in [-0.2, -0.15) is 0 Å². The predicted molar refractivity (Wildman–Crippen MR) is 86.0 cm³/mol. The number of benzene rings is 1. The molecule has 0 aliphatic carbocycles. The molecule has 0 saturated carbocycles. The number of hydrogen-bond acceptors (Lipinski definition) is 5. The number of nitrogens with zero attached hydrogens (tertiary/aromatic N) is 4. The van der Waals surface area contributed by atoms with Crippen molar-refractivity contribution in [1.29, 1.82) is 0 Å². The first-order valence-electron chi connectivity index (χ1n) is 6.94. The van der Waals surface area contributed by atoms with E-state index in [1.54, 1.807) is 24.8 Å². The smallest absolute Gasteiger partial charge is 0.163 e. The number of hydrogen-bond donors (Lipinski definition) is 0. The second-order valence-corrected chi connectivity index (χ2v) is 4.80. The molecule has 0 spiro atoms. The highest BCUT2D eigenvalue weighted by molar-refractivity contribution is 5.85. The first-order chi connectivity index (χ1) is 10.9. The van der Waals surface area contributed by atoms with Crippen LogP contribution in [-0.2, 0) is 0 Å². The molecular formula is C17H12N4O. The first kappa shape index (κ1) is 12.6. The molecule has 1 aromatic carbocycles. The Morgan fingerprint density at radius 2 is 2.09 bits per heavy atom. The number of pyridine rings is 1. The Hall–Kier alpha value is -3.08. The van der Waals surface area contributed by atoms with Gasteiger partial charge < -0.3 is 4.74 Å². The number of para-hydroxylation sites is 1. The van der Waals surface area contributed by atoms with Gasteiger partial charge in [-0.3, -0.25) is 4.99 Å². The van der Waals surface area contributed by atoms with Crippen LogP contribution in [-0.4, -0.2) is 24.0 Å². The van der Waals surface area contributed by atoms with Crippen molar-refractivity contribution in [3.05, 3.63) is 58.8 Å². The first-order valence-corrected chi connectivity index (χ1v) is 6.94. The molecule has 4 rings (SSSR count). The van der Waals surface area contributed by atoms with Crippen LogP contribution in [0.15, 0.2) is 57.6 Å². The van der Waals surface area contributed by atoms with Crippen molar-refractivity contribution < 1.29 is 4.74 Å². The molecule has 2 aliphatic heterocycles. The summed E-state index contributed by atoms with van der Waals surface area (Å²) in [6.07, 6.45) is 10.7. The number of rotatable bonds is 0. The third kappa shape index (κ3) is 2.44. The summed E-state index contributed by atoms with van der Waals surface area (Å²) < 4.78 is 5.72. The Labute approximate surface area is 126 Å². The monoisotopic (exact) mass is 288 g/mol. The Morgan fingerprint density at radius 3 is 3.09 bits per heavy atom. The minimum absolute atomic E-state index is 0.473. The van der Waals surface area contributed by atoms with E-state index in [-0.39, 0.29) is 0 Å². The van der Waals surface area contributed by atoms with Gasteiger partial charge in [-0.05, 0) is 24.3 Å². The van der Waals surface area contributed by atoms with E-state index in [0.29, 0.717) is 12.4 Å². The highest BCUT2D eigenvalue weighted by Gasteiger charge is 2.12. The van der Waals surface area contributed by atoms with Gasteiger partial charge in [-0.25, -0.2) is 15.0 Å². The lowest BCUT2D eigenvalue weighted by molar-refractivity contribution is 0.362. The minimum atomic E-state index is 0.473. The second-order valence-electron chi connectivity index (χ2n) is 4.80. The van der Waals surface area contributed by atoms with Crippen molar-refractivity contribution in [2.45, 2.75) is 0 Å². The fraction of sp³-hybridized carbons (Fsp3) is 0.0588. The lowest BCUT2D eigenvalue weighted by Crippen LogP contribution is -2.17. The zero-order valence-corrected chi connectivity index (χ0v) is 11.7. The van der Waals surface area contributed by atoms with E-state index >= 15 is 0 Å². The molecule has 0 saturated heterocycles. The van der Waals surface area contributed by atoms with Crippen LogP contribution in [0.3, 0.4) is 0 Å². The zero-order valence-electron chi connectivity index (χ0n) is 11.7.